The van der Waals surface area contributed by atoms with Gasteiger partial charge in [-0.15, -0.1) is 0 Å². The minimum atomic E-state index is -0.479. The number of ether oxygens (including phenoxy) is 1. The molecular weight excluding hydrogens is 440 g/mol. The molecule has 0 aliphatic rings. The number of nitrogens with one attached hydrogen (secondary N) is 4. The predicted molar refractivity (Wildman–Crippen MR) is 129 cm³/mol. The lowest BCUT2D eigenvalue weighted by atomic mass is 10.1. The first kappa shape index (κ1) is 23.4. The van der Waals surface area contributed by atoms with Crippen LogP contribution in [0.15, 0.2) is 72.8 Å². The lowest BCUT2D eigenvalue weighted by molar-refractivity contribution is 0.0934. The summed E-state index contributed by atoms with van der Waals surface area (Å²) in [5, 5.41) is 5.18. The minimum Gasteiger partial charge on any atom is -0.496 e. The standard InChI is InChI=1S/C24H22N4O4S/c1-15-7-3-4-8-18(15)22(30)25-17-13-11-16(12-14-17)21(29)27-28-24(33)26-23(31)19-9-5-6-10-20(19)32-2/h3-14H,1-2H3,(H,25,30)(H,27,29)(H2,26,28,31,33). The van der Waals surface area contributed by atoms with Gasteiger partial charge in [0.25, 0.3) is 17.7 Å². The summed E-state index contributed by atoms with van der Waals surface area (Å²) in [6, 6.07) is 20.3. The van der Waals surface area contributed by atoms with Gasteiger partial charge in [-0.2, -0.15) is 0 Å². The van der Waals surface area contributed by atoms with Gasteiger partial charge in [0.15, 0.2) is 5.11 Å². The monoisotopic (exact) mass is 462 g/mol. The van der Waals surface area contributed by atoms with Crippen LogP contribution in [0.4, 0.5) is 5.69 Å². The van der Waals surface area contributed by atoms with Crippen LogP contribution < -0.4 is 26.2 Å². The number of amides is 3. The number of anilines is 1. The van der Waals surface area contributed by atoms with Gasteiger partial charge in [-0.1, -0.05) is 30.3 Å². The van der Waals surface area contributed by atoms with E-state index in [9.17, 15) is 14.4 Å². The van der Waals surface area contributed by atoms with Gasteiger partial charge in [0.2, 0.25) is 0 Å². The number of para-hydroxylation sites is 1. The van der Waals surface area contributed by atoms with Gasteiger partial charge in [-0.05, 0) is 67.2 Å². The van der Waals surface area contributed by atoms with Crippen LogP contribution in [-0.2, 0) is 0 Å². The number of methoxy groups -OCH3 is 1. The molecule has 8 nitrogen and oxygen atoms in total. The van der Waals surface area contributed by atoms with Crippen LogP contribution in [0.3, 0.4) is 0 Å². The molecule has 3 aromatic carbocycles. The highest BCUT2D eigenvalue weighted by atomic mass is 32.1. The number of hydrogen-bond donors (Lipinski definition) is 4. The summed E-state index contributed by atoms with van der Waals surface area (Å²) in [5.41, 5.74) is 7.52. The van der Waals surface area contributed by atoms with Crippen molar-refractivity contribution in [2.24, 2.45) is 0 Å². The third-order valence-electron chi connectivity index (χ3n) is 4.66. The Kier molecular flexibility index (Phi) is 7.72. The van der Waals surface area contributed by atoms with Gasteiger partial charge in [-0.25, -0.2) is 0 Å². The van der Waals surface area contributed by atoms with Crippen LogP contribution in [0.2, 0.25) is 0 Å². The number of carbonyl (C=O) groups is 3. The molecule has 3 aromatic rings. The average molecular weight is 463 g/mol. The molecule has 3 rings (SSSR count). The first-order chi connectivity index (χ1) is 15.9. The van der Waals surface area contributed by atoms with Crippen LogP contribution in [-0.4, -0.2) is 29.9 Å². The zero-order chi connectivity index (χ0) is 23.8. The van der Waals surface area contributed by atoms with Gasteiger partial charge in [-0.3, -0.25) is 30.6 Å². The second-order valence-corrected chi connectivity index (χ2v) is 7.32. The first-order valence-corrected chi connectivity index (χ1v) is 10.3. The Balaban J connectivity index is 1.52. The van der Waals surface area contributed by atoms with E-state index in [1.807, 2.05) is 19.1 Å². The summed E-state index contributed by atoms with van der Waals surface area (Å²) in [4.78, 5) is 37.1. The fourth-order valence-electron chi connectivity index (χ4n) is 2.95. The van der Waals surface area contributed by atoms with Gasteiger partial charge in [0, 0.05) is 16.8 Å². The zero-order valence-electron chi connectivity index (χ0n) is 18.0. The largest absolute Gasteiger partial charge is 0.496 e. The molecular formula is C24H22N4O4S. The summed E-state index contributed by atoms with van der Waals surface area (Å²) in [6.45, 7) is 1.86. The molecule has 3 amide bonds. The molecule has 0 saturated carbocycles. The number of carbonyl (C=O) groups excluding carboxylic acids is 3. The lowest BCUT2D eigenvalue weighted by Crippen LogP contribution is -2.48. The van der Waals surface area contributed by atoms with Crippen molar-refractivity contribution in [2.45, 2.75) is 6.92 Å². The van der Waals surface area contributed by atoms with E-state index < -0.39 is 11.8 Å². The third kappa shape index (κ3) is 6.14. The lowest BCUT2D eigenvalue weighted by Gasteiger charge is -2.12. The zero-order valence-corrected chi connectivity index (χ0v) is 18.8. The fraction of sp³-hybridized carbons (Fsp3) is 0.0833. The highest BCUT2D eigenvalue weighted by molar-refractivity contribution is 7.80. The molecule has 4 N–H and O–H groups in total. The van der Waals surface area contributed by atoms with Crippen molar-refractivity contribution in [3.8, 4) is 5.75 Å². The Bertz CT molecular complexity index is 1200. The molecule has 0 saturated heterocycles. The maximum absolute atomic E-state index is 12.4. The summed E-state index contributed by atoms with van der Waals surface area (Å²) >= 11 is 5.06. The normalized spacial score (nSPS) is 10.0. The molecule has 168 valence electrons. The van der Waals surface area contributed by atoms with E-state index in [1.54, 1.807) is 60.7 Å². The van der Waals surface area contributed by atoms with E-state index >= 15 is 0 Å². The van der Waals surface area contributed by atoms with Crippen LogP contribution in [0, 0.1) is 6.92 Å². The van der Waals surface area contributed by atoms with Crippen molar-refractivity contribution in [3.05, 3.63) is 95.1 Å². The topological polar surface area (TPSA) is 109 Å². The second kappa shape index (κ2) is 10.9. The molecule has 0 atom stereocenters. The number of hydrogen-bond acceptors (Lipinski definition) is 5. The SMILES string of the molecule is COc1ccccc1C(=O)NC(=S)NNC(=O)c1ccc(NC(=O)c2ccccc2C)cc1. The van der Waals surface area contributed by atoms with Crippen molar-refractivity contribution in [1.29, 1.82) is 0 Å². The number of hydrazine groups is 1. The van der Waals surface area contributed by atoms with Crippen LogP contribution in [0.5, 0.6) is 5.75 Å². The fourth-order valence-corrected chi connectivity index (χ4v) is 3.09. The van der Waals surface area contributed by atoms with Crippen molar-refractivity contribution in [2.75, 3.05) is 12.4 Å². The summed E-state index contributed by atoms with van der Waals surface area (Å²) in [5.74, 6) is -0.784. The highest BCUT2D eigenvalue weighted by Crippen LogP contribution is 2.17. The molecule has 0 aliphatic carbocycles. The van der Waals surface area contributed by atoms with E-state index in [0.29, 0.717) is 28.1 Å². The Morgan fingerprint density at radius 1 is 0.758 bits per heavy atom. The van der Waals surface area contributed by atoms with Crippen molar-refractivity contribution in [3.63, 3.8) is 0 Å². The minimum absolute atomic E-state index is 0.0821. The smallest absolute Gasteiger partial charge is 0.269 e. The molecule has 0 unspecified atom stereocenters. The molecule has 0 bridgehead atoms. The Morgan fingerprint density at radius 3 is 2.06 bits per heavy atom. The predicted octanol–water partition coefficient (Wildman–Crippen LogP) is 3.21. The van der Waals surface area contributed by atoms with E-state index in [-0.39, 0.29) is 11.0 Å². The van der Waals surface area contributed by atoms with E-state index in [4.69, 9.17) is 17.0 Å². The Morgan fingerprint density at radius 2 is 1.39 bits per heavy atom. The van der Waals surface area contributed by atoms with Gasteiger partial charge >= 0.3 is 0 Å². The first-order valence-electron chi connectivity index (χ1n) is 9.90. The molecule has 0 aromatic heterocycles. The maximum atomic E-state index is 12.4. The molecule has 0 heterocycles. The van der Waals surface area contributed by atoms with Gasteiger partial charge in [0.1, 0.15) is 5.75 Å². The van der Waals surface area contributed by atoms with Crippen LogP contribution >= 0.6 is 12.2 Å². The number of rotatable bonds is 5. The molecule has 33 heavy (non-hydrogen) atoms. The van der Waals surface area contributed by atoms with Crippen molar-refractivity contribution in [1.82, 2.24) is 16.2 Å². The number of benzene rings is 3. The van der Waals surface area contributed by atoms with Gasteiger partial charge < -0.3 is 10.1 Å². The number of aryl methyl sites for hydroxylation is 1. The molecule has 0 aliphatic heterocycles. The van der Waals surface area contributed by atoms with E-state index in [1.165, 1.54) is 7.11 Å². The highest BCUT2D eigenvalue weighted by Gasteiger charge is 2.14. The summed E-state index contributed by atoms with van der Waals surface area (Å²) < 4.78 is 5.15. The molecule has 0 spiro atoms. The Hall–Kier alpha value is -4.24. The molecule has 0 fully saturated rings. The van der Waals surface area contributed by atoms with E-state index in [0.717, 1.165) is 5.56 Å². The van der Waals surface area contributed by atoms with Crippen LogP contribution in [0.1, 0.15) is 36.6 Å². The maximum Gasteiger partial charge on any atom is 0.269 e. The van der Waals surface area contributed by atoms with E-state index in [2.05, 4.69) is 21.5 Å². The summed E-state index contributed by atoms with van der Waals surface area (Å²) in [7, 11) is 1.46. The average Bonchev–Trinajstić information content (AvgIpc) is 2.83. The summed E-state index contributed by atoms with van der Waals surface area (Å²) in [6.07, 6.45) is 0. The molecule has 0 radical (unpaired) electrons. The van der Waals surface area contributed by atoms with Gasteiger partial charge in [0.05, 0.1) is 12.7 Å². The van der Waals surface area contributed by atoms with Crippen LogP contribution in [0.25, 0.3) is 0 Å². The van der Waals surface area contributed by atoms with Crippen molar-refractivity contribution >= 4 is 40.7 Å². The number of thiocarbonyl (C=S) groups is 1. The van der Waals surface area contributed by atoms with Crippen molar-refractivity contribution < 1.29 is 19.1 Å². The molecule has 9 heteroatoms. The Labute approximate surface area is 196 Å². The second-order valence-electron chi connectivity index (χ2n) is 6.91. The quantitative estimate of drug-likeness (QED) is 0.343. The third-order valence-corrected chi connectivity index (χ3v) is 4.87.